The fourth-order valence-corrected chi connectivity index (χ4v) is 3.19. The van der Waals surface area contributed by atoms with Gasteiger partial charge in [0.2, 0.25) is 0 Å². The number of rotatable bonds is 5. The number of hydrogen-bond acceptors (Lipinski definition) is 2. The molecular weight excluding hydrogens is 244 g/mol. The first-order valence-corrected chi connectivity index (χ1v) is 7.86. The molecule has 2 nitrogen and oxygen atoms in total. The van der Waals surface area contributed by atoms with Gasteiger partial charge in [0, 0.05) is 11.1 Å². The van der Waals surface area contributed by atoms with Crippen LogP contribution in [0.2, 0.25) is 0 Å². The molecule has 1 aromatic carbocycles. The highest BCUT2D eigenvalue weighted by atomic mass is 14.9. The van der Waals surface area contributed by atoms with E-state index in [4.69, 9.17) is 0 Å². The molecule has 0 saturated heterocycles. The van der Waals surface area contributed by atoms with Gasteiger partial charge in [-0.3, -0.25) is 4.98 Å². The van der Waals surface area contributed by atoms with Gasteiger partial charge in [0.25, 0.3) is 0 Å². The zero-order chi connectivity index (χ0) is 13.9. The second-order valence-corrected chi connectivity index (χ2v) is 6.05. The SMILES string of the molecule is CCCNCC1CCC1c1ccc2nc(C)ccc2c1. The summed E-state index contributed by atoms with van der Waals surface area (Å²) in [5, 5.41) is 4.85. The van der Waals surface area contributed by atoms with Gasteiger partial charge in [-0.15, -0.1) is 0 Å². The van der Waals surface area contributed by atoms with Gasteiger partial charge in [-0.2, -0.15) is 0 Å². The number of benzene rings is 1. The zero-order valence-corrected chi connectivity index (χ0v) is 12.5. The molecule has 1 fully saturated rings. The van der Waals surface area contributed by atoms with Crippen LogP contribution in [0.25, 0.3) is 10.9 Å². The first-order valence-electron chi connectivity index (χ1n) is 7.86. The summed E-state index contributed by atoms with van der Waals surface area (Å²) in [4.78, 5) is 4.59. The van der Waals surface area contributed by atoms with Crippen LogP contribution in [0.15, 0.2) is 30.3 Å². The Kier molecular flexibility index (Phi) is 4.02. The monoisotopic (exact) mass is 268 g/mol. The van der Waals surface area contributed by atoms with Gasteiger partial charge in [0.1, 0.15) is 0 Å². The van der Waals surface area contributed by atoms with Crippen molar-refractivity contribution < 1.29 is 0 Å². The Morgan fingerprint density at radius 3 is 2.85 bits per heavy atom. The molecule has 1 aliphatic carbocycles. The van der Waals surface area contributed by atoms with E-state index < -0.39 is 0 Å². The second-order valence-electron chi connectivity index (χ2n) is 6.05. The lowest BCUT2D eigenvalue weighted by atomic mass is 9.70. The molecule has 1 heterocycles. The van der Waals surface area contributed by atoms with Crippen LogP contribution in [-0.4, -0.2) is 18.1 Å². The summed E-state index contributed by atoms with van der Waals surface area (Å²) in [5.74, 6) is 1.56. The van der Waals surface area contributed by atoms with Crippen molar-refractivity contribution in [3.63, 3.8) is 0 Å². The summed E-state index contributed by atoms with van der Waals surface area (Å²) in [7, 11) is 0. The highest BCUT2D eigenvalue weighted by Crippen LogP contribution is 2.42. The van der Waals surface area contributed by atoms with Crippen LogP contribution in [0.5, 0.6) is 0 Å². The van der Waals surface area contributed by atoms with Crippen molar-refractivity contribution in [1.82, 2.24) is 10.3 Å². The second kappa shape index (κ2) is 5.92. The molecular formula is C18H24N2. The Hall–Kier alpha value is -1.41. The minimum atomic E-state index is 0.741. The Labute approximate surface area is 121 Å². The van der Waals surface area contributed by atoms with Gasteiger partial charge in [0.05, 0.1) is 5.52 Å². The fourth-order valence-electron chi connectivity index (χ4n) is 3.19. The van der Waals surface area contributed by atoms with Crippen molar-refractivity contribution in [3.05, 3.63) is 41.6 Å². The minimum absolute atomic E-state index is 0.741. The minimum Gasteiger partial charge on any atom is -0.316 e. The Morgan fingerprint density at radius 1 is 1.20 bits per heavy atom. The summed E-state index contributed by atoms with van der Waals surface area (Å²) < 4.78 is 0. The normalized spacial score (nSPS) is 21.9. The summed E-state index contributed by atoms with van der Waals surface area (Å²) in [6, 6.07) is 11.1. The largest absolute Gasteiger partial charge is 0.316 e. The summed E-state index contributed by atoms with van der Waals surface area (Å²) in [6.45, 7) is 6.59. The molecule has 1 aliphatic rings. The van der Waals surface area contributed by atoms with Gasteiger partial charge in [0.15, 0.2) is 0 Å². The van der Waals surface area contributed by atoms with Crippen molar-refractivity contribution in [1.29, 1.82) is 0 Å². The van der Waals surface area contributed by atoms with E-state index in [9.17, 15) is 0 Å². The predicted octanol–water partition coefficient (Wildman–Crippen LogP) is 4.04. The maximum atomic E-state index is 4.59. The van der Waals surface area contributed by atoms with Crippen LogP contribution >= 0.6 is 0 Å². The molecule has 2 unspecified atom stereocenters. The lowest BCUT2D eigenvalue weighted by molar-refractivity contribution is 0.246. The van der Waals surface area contributed by atoms with Gasteiger partial charge in [-0.25, -0.2) is 0 Å². The molecule has 0 radical (unpaired) electrons. The quantitative estimate of drug-likeness (QED) is 0.828. The smallest absolute Gasteiger partial charge is 0.0705 e. The summed E-state index contributed by atoms with van der Waals surface area (Å²) in [6.07, 6.45) is 3.92. The van der Waals surface area contributed by atoms with E-state index in [0.29, 0.717) is 0 Å². The maximum absolute atomic E-state index is 4.59. The highest BCUT2D eigenvalue weighted by Gasteiger charge is 2.31. The van der Waals surface area contributed by atoms with Crippen molar-refractivity contribution in [2.24, 2.45) is 5.92 Å². The molecule has 2 aromatic rings. The zero-order valence-electron chi connectivity index (χ0n) is 12.5. The summed E-state index contributed by atoms with van der Waals surface area (Å²) >= 11 is 0. The third kappa shape index (κ3) is 2.71. The average molecular weight is 268 g/mol. The summed E-state index contributed by atoms with van der Waals surface area (Å²) in [5.41, 5.74) is 3.71. The lowest BCUT2D eigenvalue weighted by Crippen LogP contribution is -2.34. The maximum Gasteiger partial charge on any atom is 0.0705 e. The van der Waals surface area contributed by atoms with E-state index in [1.807, 2.05) is 0 Å². The van der Waals surface area contributed by atoms with Crippen molar-refractivity contribution >= 4 is 10.9 Å². The predicted molar refractivity (Wildman–Crippen MR) is 85.1 cm³/mol. The number of nitrogens with zero attached hydrogens (tertiary/aromatic N) is 1. The molecule has 2 atom stereocenters. The molecule has 0 bridgehead atoms. The number of pyridine rings is 1. The van der Waals surface area contributed by atoms with Gasteiger partial charge in [-0.05, 0) is 74.9 Å². The number of aromatic nitrogens is 1. The average Bonchev–Trinajstić information content (AvgIpc) is 2.42. The van der Waals surface area contributed by atoms with Gasteiger partial charge < -0.3 is 5.32 Å². The molecule has 0 amide bonds. The third-order valence-corrected chi connectivity index (χ3v) is 4.53. The highest BCUT2D eigenvalue weighted by molar-refractivity contribution is 5.79. The van der Waals surface area contributed by atoms with Crippen LogP contribution in [0.4, 0.5) is 0 Å². The molecule has 1 aromatic heterocycles. The molecule has 20 heavy (non-hydrogen) atoms. The first-order chi connectivity index (χ1) is 9.78. The molecule has 106 valence electrons. The fraction of sp³-hybridized carbons (Fsp3) is 0.500. The number of nitrogens with one attached hydrogen (secondary N) is 1. The molecule has 1 N–H and O–H groups in total. The van der Waals surface area contributed by atoms with Crippen LogP contribution in [0.3, 0.4) is 0 Å². The van der Waals surface area contributed by atoms with Crippen LogP contribution < -0.4 is 5.32 Å². The molecule has 2 heteroatoms. The van der Waals surface area contributed by atoms with Crippen LogP contribution in [-0.2, 0) is 0 Å². The Bertz CT molecular complexity index is 591. The van der Waals surface area contributed by atoms with Gasteiger partial charge >= 0.3 is 0 Å². The lowest BCUT2D eigenvalue weighted by Gasteiger charge is -2.37. The third-order valence-electron chi connectivity index (χ3n) is 4.53. The molecule has 0 spiro atoms. The topological polar surface area (TPSA) is 24.9 Å². The van der Waals surface area contributed by atoms with Crippen molar-refractivity contribution in [2.75, 3.05) is 13.1 Å². The molecule has 1 saturated carbocycles. The molecule has 3 rings (SSSR count). The van der Waals surface area contributed by atoms with Crippen molar-refractivity contribution in [2.45, 2.75) is 39.0 Å². The van der Waals surface area contributed by atoms with E-state index in [1.54, 1.807) is 0 Å². The van der Waals surface area contributed by atoms with Crippen LogP contribution in [0.1, 0.15) is 43.4 Å². The van der Waals surface area contributed by atoms with E-state index >= 15 is 0 Å². The Morgan fingerprint density at radius 2 is 2.10 bits per heavy atom. The van der Waals surface area contributed by atoms with Crippen LogP contribution in [0, 0.1) is 12.8 Å². The molecule has 0 aliphatic heterocycles. The number of hydrogen-bond donors (Lipinski definition) is 1. The van der Waals surface area contributed by atoms with Gasteiger partial charge in [-0.1, -0.05) is 19.1 Å². The van der Waals surface area contributed by atoms with Crippen molar-refractivity contribution in [3.8, 4) is 0 Å². The van der Waals surface area contributed by atoms with E-state index in [-0.39, 0.29) is 0 Å². The Balaban J connectivity index is 1.75. The number of fused-ring (bicyclic) bond motifs is 1. The first kappa shape index (κ1) is 13.6. The van der Waals surface area contributed by atoms with E-state index in [1.165, 1.54) is 36.8 Å². The van der Waals surface area contributed by atoms with E-state index in [0.717, 1.165) is 29.6 Å². The standard InChI is InChI=1S/C18H24N2/c1-3-10-19-12-16-6-8-17(16)14-7-9-18-15(11-14)5-4-13(2)20-18/h4-5,7,9,11,16-17,19H,3,6,8,10,12H2,1-2H3. The van der Waals surface area contributed by atoms with E-state index in [2.05, 4.69) is 54.5 Å². The number of aryl methyl sites for hydroxylation is 1.